The minimum Gasteiger partial charge on any atom is -0.459 e. The standard InChI is InChI=1S/C19H22NO4S2/c1-20(2)12-9-11(10-13(20)17-16(12)24-17)23-18(21)19(22,14-5-3-7-25-14)15-6-4-8-26-15/h3-8,11-13,16-17,22H,9-10H2,1-2H3/q+1/i1D3,2D3,11D,12D,13D,16D,17D. The molecule has 0 aromatic carbocycles. The van der Waals surface area contributed by atoms with E-state index < -0.39 is 73.1 Å². The molecule has 5 rings (SSSR count). The lowest BCUT2D eigenvalue weighted by molar-refractivity contribution is -0.938. The number of piperidine rings is 1. The van der Waals surface area contributed by atoms with Crippen molar-refractivity contribution in [3.05, 3.63) is 44.8 Å². The van der Waals surface area contributed by atoms with Crippen LogP contribution in [0, 0.1) is 0 Å². The molecule has 1 N–H and O–H groups in total. The molecule has 0 aliphatic carbocycles. The lowest BCUT2D eigenvalue weighted by Gasteiger charge is -2.45. The monoisotopic (exact) mass is 403 g/mol. The molecule has 2 aromatic rings. The van der Waals surface area contributed by atoms with E-state index in [2.05, 4.69) is 0 Å². The maximum absolute atomic E-state index is 13.5. The Morgan fingerprint density at radius 1 is 1.27 bits per heavy atom. The number of quaternary nitrogens is 1. The van der Waals surface area contributed by atoms with Crippen molar-refractivity contribution in [3.63, 3.8) is 0 Å². The lowest BCUT2D eigenvalue weighted by atomic mass is 9.95. The van der Waals surface area contributed by atoms with Gasteiger partial charge in [0.15, 0.2) is 0 Å². The minimum atomic E-state index is -3.60. The summed E-state index contributed by atoms with van der Waals surface area (Å²) in [6.07, 6.45) is -10.6. The number of esters is 1. The van der Waals surface area contributed by atoms with Crippen LogP contribution >= 0.6 is 22.7 Å². The molecule has 26 heavy (non-hydrogen) atoms. The van der Waals surface area contributed by atoms with Crippen LogP contribution in [0.15, 0.2) is 35.0 Å². The summed E-state index contributed by atoms with van der Waals surface area (Å²) in [7, 11) is 0. The molecule has 3 saturated heterocycles. The van der Waals surface area contributed by atoms with Gasteiger partial charge in [0.05, 0.1) is 38.8 Å². The predicted molar refractivity (Wildman–Crippen MR) is 99.1 cm³/mol. The molecule has 3 aliphatic heterocycles. The Morgan fingerprint density at radius 3 is 2.31 bits per heavy atom. The van der Waals surface area contributed by atoms with Crippen LogP contribution in [-0.2, 0) is 19.9 Å². The zero-order valence-electron chi connectivity index (χ0n) is 24.3. The van der Waals surface area contributed by atoms with E-state index in [9.17, 15) is 9.90 Å². The van der Waals surface area contributed by atoms with Crippen LogP contribution in [0.5, 0.6) is 0 Å². The van der Waals surface area contributed by atoms with Crippen molar-refractivity contribution in [2.45, 2.75) is 48.7 Å². The van der Waals surface area contributed by atoms with Crippen LogP contribution in [0.25, 0.3) is 0 Å². The van der Waals surface area contributed by atoms with Crippen molar-refractivity contribution in [2.75, 3.05) is 14.0 Å². The SMILES string of the molecule is [2H]C1(OC(=O)C(O)(c2cccs2)c2cccs2)CC2([2H])C3([2H])OC3([2H])C([2H])(C1)[N+]2(C([2H])([2H])[2H])C([2H])([2H])[2H]. The van der Waals surface area contributed by atoms with Crippen LogP contribution in [0.4, 0.5) is 0 Å². The van der Waals surface area contributed by atoms with Crippen molar-refractivity contribution in [1.29, 1.82) is 0 Å². The summed E-state index contributed by atoms with van der Waals surface area (Å²) < 4.78 is 101. The van der Waals surface area contributed by atoms with Gasteiger partial charge in [-0.2, -0.15) is 0 Å². The van der Waals surface area contributed by atoms with Gasteiger partial charge in [0.1, 0.15) is 30.3 Å². The minimum absolute atomic E-state index is 0.152. The molecule has 0 saturated carbocycles. The molecule has 4 atom stereocenters. The second kappa shape index (κ2) is 5.62. The number of carbonyl (C=O) groups excluding carboxylic acids is 1. The first-order valence-electron chi connectivity index (χ1n) is 13.3. The summed E-state index contributed by atoms with van der Waals surface area (Å²) in [6.45, 7) is -7.21. The number of likely N-dealkylation sites (N-methyl/N-ethyl adjacent to an activating group) is 1. The molecule has 3 aliphatic rings. The fourth-order valence-electron chi connectivity index (χ4n) is 3.33. The van der Waals surface area contributed by atoms with Gasteiger partial charge in [-0.3, -0.25) is 0 Å². The summed E-state index contributed by atoms with van der Waals surface area (Å²) in [5.41, 5.74) is -2.38. The van der Waals surface area contributed by atoms with Gasteiger partial charge in [0.2, 0.25) is 5.60 Å². The first-order valence-corrected chi connectivity index (χ1v) is 9.60. The third-order valence-electron chi connectivity index (χ3n) is 4.72. The molecule has 5 heterocycles. The van der Waals surface area contributed by atoms with Crippen molar-refractivity contribution >= 4 is 28.6 Å². The van der Waals surface area contributed by atoms with E-state index in [-0.39, 0.29) is 9.75 Å². The highest BCUT2D eigenvalue weighted by atomic mass is 32.1. The summed E-state index contributed by atoms with van der Waals surface area (Å²) in [5, 5.41) is 14.7. The highest BCUT2D eigenvalue weighted by molar-refractivity contribution is 7.12. The molecule has 138 valence electrons. The average Bonchev–Trinajstić information content (AvgIpc) is 3.22. The third kappa shape index (κ3) is 2.28. The zero-order chi connectivity index (χ0) is 27.7. The van der Waals surface area contributed by atoms with E-state index in [1.807, 2.05) is 0 Å². The number of thiophene rings is 2. The van der Waals surface area contributed by atoms with E-state index in [1.165, 1.54) is 12.1 Å². The first kappa shape index (κ1) is 8.84. The summed E-state index contributed by atoms with van der Waals surface area (Å²) in [6, 6.07) is -0.128. The number of ether oxygens (including phenoxy) is 2. The molecule has 5 nitrogen and oxygen atoms in total. The number of fused-ring (bicyclic) bond motifs is 5. The maximum Gasteiger partial charge on any atom is 0.349 e. The van der Waals surface area contributed by atoms with Gasteiger partial charge < -0.3 is 19.1 Å². The zero-order valence-corrected chi connectivity index (χ0v) is 14.9. The Balaban J connectivity index is 1.63. The number of aliphatic hydroxyl groups is 1. The number of carbonyl (C=O) groups is 1. The van der Waals surface area contributed by atoms with Crippen molar-refractivity contribution in [3.8, 4) is 0 Å². The van der Waals surface area contributed by atoms with E-state index >= 15 is 0 Å². The van der Waals surface area contributed by atoms with E-state index in [1.54, 1.807) is 22.9 Å². The molecule has 2 bridgehead atoms. The lowest BCUT2D eigenvalue weighted by Crippen LogP contribution is -2.60. The fourth-order valence-corrected chi connectivity index (χ4v) is 5.04. The van der Waals surface area contributed by atoms with E-state index in [0.717, 1.165) is 22.7 Å². The Bertz CT molecular complexity index is 1170. The fraction of sp³-hybridized carbons (Fsp3) is 0.526. The Morgan fingerprint density at radius 2 is 1.85 bits per heavy atom. The number of hydrogen-bond donors (Lipinski definition) is 1. The summed E-state index contributed by atoms with van der Waals surface area (Å²) in [4.78, 5) is 13.8. The third-order valence-corrected chi connectivity index (χ3v) is 6.68. The van der Waals surface area contributed by atoms with Gasteiger partial charge in [0.25, 0.3) is 0 Å². The molecule has 4 unspecified atom stereocenters. The van der Waals surface area contributed by atoms with E-state index in [4.69, 9.17) is 24.6 Å². The Kier molecular flexibility index (Phi) is 1.91. The molecule has 0 spiro atoms. The van der Waals surface area contributed by atoms with Crippen molar-refractivity contribution < 1.29 is 38.9 Å². The number of hydrogen-bond acceptors (Lipinski definition) is 6. The normalized spacial score (nSPS) is 55.7. The molecular formula is C19H22NO4S2+. The molecular weight excluding hydrogens is 370 g/mol. The molecule has 7 heteroatoms. The predicted octanol–water partition coefficient (Wildman–Crippen LogP) is 2.35. The molecule has 2 aromatic heterocycles. The van der Waals surface area contributed by atoms with Gasteiger partial charge in [-0.15, -0.1) is 22.7 Å². The quantitative estimate of drug-likeness (QED) is 0.484. The topological polar surface area (TPSA) is 59.1 Å². The Hall–Kier alpha value is -1.25. The van der Waals surface area contributed by atoms with Crippen LogP contribution in [0.3, 0.4) is 0 Å². The van der Waals surface area contributed by atoms with Gasteiger partial charge >= 0.3 is 5.97 Å². The Labute approximate surface area is 175 Å². The van der Waals surface area contributed by atoms with Crippen LogP contribution in [-0.4, -0.2) is 59.8 Å². The van der Waals surface area contributed by atoms with Crippen LogP contribution in [0.2, 0.25) is 0 Å². The molecule has 0 amide bonds. The highest BCUT2D eigenvalue weighted by Crippen LogP contribution is 2.52. The van der Waals surface area contributed by atoms with Gasteiger partial charge in [-0.05, 0) is 22.9 Å². The second-order valence-corrected chi connectivity index (χ2v) is 8.17. The highest BCUT2D eigenvalue weighted by Gasteiger charge is 2.71. The first-order chi connectivity index (χ1) is 16.7. The van der Waals surface area contributed by atoms with Gasteiger partial charge in [-0.1, -0.05) is 12.1 Å². The summed E-state index contributed by atoms with van der Waals surface area (Å²) in [5.74, 6) is -1.35. The number of nitrogens with zero attached hydrogens (tertiary/aromatic N) is 1. The van der Waals surface area contributed by atoms with Crippen molar-refractivity contribution in [2.24, 2.45) is 0 Å². The number of rotatable bonds is 4. The molecule has 0 radical (unpaired) electrons. The smallest absolute Gasteiger partial charge is 0.349 e. The van der Waals surface area contributed by atoms with Gasteiger partial charge in [0, 0.05) is 12.8 Å². The maximum atomic E-state index is 13.5. The van der Waals surface area contributed by atoms with Crippen molar-refractivity contribution in [1.82, 2.24) is 0 Å². The largest absolute Gasteiger partial charge is 0.459 e. The number of epoxide rings is 1. The van der Waals surface area contributed by atoms with Gasteiger partial charge in [-0.25, -0.2) is 4.79 Å². The van der Waals surface area contributed by atoms with E-state index in [0.29, 0.717) is 0 Å². The summed E-state index contributed by atoms with van der Waals surface area (Å²) >= 11 is 2.06. The average molecular weight is 404 g/mol. The second-order valence-electron chi connectivity index (χ2n) is 6.27. The van der Waals surface area contributed by atoms with Crippen LogP contribution in [0.1, 0.15) is 37.7 Å². The number of morpholine rings is 1. The van der Waals surface area contributed by atoms with Crippen LogP contribution < -0.4 is 0 Å². The molecule has 3 fully saturated rings.